The molecule has 2 aliphatic heterocycles. The highest BCUT2D eigenvalue weighted by Gasteiger charge is 2.47. The van der Waals surface area contributed by atoms with Crippen LogP contribution in [0.25, 0.3) is 0 Å². The number of rotatable bonds is 5. The van der Waals surface area contributed by atoms with E-state index in [-0.39, 0.29) is 29.5 Å². The Hall–Kier alpha value is -1.05. The Morgan fingerprint density at radius 2 is 1.84 bits per heavy atom. The van der Waals surface area contributed by atoms with Gasteiger partial charge in [0.2, 0.25) is 5.91 Å². The van der Waals surface area contributed by atoms with Crippen LogP contribution in [-0.4, -0.2) is 71.8 Å². The zero-order valence-corrected chi connectivity index (χ0v) is 16.4. The first-order chi connectivity index (χ1) is 11.9. The van der Waals surface area contributed by atoms with Crippen molar-refractivity contribution in [3.05, 3.63) is 35.9 Å². The number of amides is 1. The average Bonchev–Trinajstić information content (AvgIpc) is 2.89. The van der Waals surface area contributed by atoms with Gasteiger partial charge >= 0.3 is 0 Å². The lowest BCUT2D eigenvalue weighted by molar-refractivity contribution is -0.134. The van der Waals surface area contributed by atoms with E-state index in [1.807, 2.05) is 23.1 Å². The van der Waals surface area contributed by atoms with Gasteiger partial charge in [-0.25, -0.2) is 8.42 Å². The van der Waals surface area contributed by atoms with Crippen LogP contribution in [-0.2, 0) is 21.2 Å². The summed E-state index contributed by atoms with van der Waals surface area (Å²) in [5, 5.41) is 0.395. The SMILES string of the molecule is CC(C)SCC(=O)N1CCN(Cc2ccccc2)[C@@H]2CS(=O)(=O)C[C@@H]21. The third kappa shape index (κ3) is 4.57. The molecule has 0 bridgehead atoms. The molecule has 0 N–H and O–H groups in total. The van der Waals surface area contributed by atoms with Crippen LogP contribution in [0.2, 0.25) is 0 Å². The van der Waals surface area contributed by atoms with Gasteiger partial charge in [0.15, 0.2) is 9.84 Å². The first-order valence-electron chi connectivity index (χ1n) is 8.75. The second-order valence-corrected chi connectivity index (χ2v) is 10.8. The number of nitrogens with zero attached hydrogens (tertiary/aromatic N) is 2. The largest absolute Gasteiger partial charge is 0.335 e. The van der Waals surface area contributed by atoms with Crippen molar-refractivity contribution in [2.24, 2.45) is 0 Å². The van der Waals surface area contributed by atoms with Gasteiger partial charge < -0.3 is 4.90 Å². The molecule has 2 saturated heterocycles. The van der Waals surface area contributed by atoms with E-state index in [4.69, 9.17) is 0 Å². The molecule has 138 valence electrons. The third-order valence-electron chi connectivity index (χ3n) is 4.88. The molecule has 0 saturated carbocycles. The summed E-state index contributed by atoms with van der Waals surface area (Å²) in [6.45, 7) is 6.21. The maximum atomic E-state index is 12.6. The predicted octanol–water partition coefficient (Wildman–Crippen LogP) is 1.64. The minimum atomic E-state index is -3.09. The van der Waals surface area contributed by atoms with E-state index in [0.717, 1.165) is 13.1 Å². The van der Waals surface area contributed by atoms with Crippen molar-refractivity contribution in [2.45, 2.75) is 37.7 Å². The first kappa shape index (κ1) is 18.7. The first-order valence-corrected chi connectivity index (χ1v) is 11.6. The maximum absolute atomic E-state index is 12.6. The number of thioether (sulfide) groups is 1. The number of piperazine rings is 1. The number of fused-ring (bicyclic) bond motifs is 1. The summed E-state index contributed by atoms with van der Waals surface area (Å²) in [4.78, 5) is 16.7. The molecule has 0 unspecified atom stereocenters. The summed E-state index contributed by atoms with van der Waals surface area (Å²) in [6, 6.07) is 9.82. The van der Waals surface area contributed by atoms with E-state index in [1.165, 1.54) is 5.56 Å². The molecule has 0 radical (unpaired) electrons. The fourth-order valence-corrected chi connectivity index (χ4v) is 6.32. The Morgan fingerprint density at radius 1 is 1.16 bits per heavy atom. The summed E-state index contributed by atoms with van der Waals surface area (Å²) in [5.41, 5.74) is 1.18. The van der Waals surface area contributed by atoms with E-state index in [2.05, 4.69) is 30.9 Å². The van der Waals surface area contributed by atoms with Crippen molar-refractivity contribution in [3.63, 3.8) is 0 Å². The fourth-order valence-electron chi connectivity index (χ4n) is 3.67. The number of benzene rings is 1. The summed E-state index contributed by atoms with van der Waals surface area (Å²) in [6.07, 6.45) is 0. The van der Waals surface area contributed by atoms with Gasteiger partial charge in [-0.15, -0.1) is 11.8 Å². The highest BCUT2D eigenvalue weighted by atomic mass is 32.2. The van der Waals surface area contributed by atoms with Gasteiger partial charge in [0.05, 0.1) is 23.3 Å². The monoisotopic (exact) mass is 382 g/mol. The van der Waals surface area contributed by atoms with Gasteiger partial charge in [-0.05, 0) is 10.8 Å². The molecule has 1 amide bonds. The van der Waals surface area contributed by atoms with E-state index in [0.29, 0.717) is 17.5 Å². The highest BCUT2D eigenvalue weighted by Crippen LogP contribution is 2.29. The van der Waals surface area contributed by atoms with Crippen molar-refractivity contribution in [2.75, 3.05) is 30.3 Å². The molecule has 25 heavy (non-hydrogen) atoms. The molecule has 2 fully saturated rings. The lowest BCUT2D eigenvalue weighted by Crippen LogP contribution is -2.60. The van der Waals surface area contributed by atoms with Gasteiger partial charge in [-0.1, -0.05) is 44.2 Å². The summed E-state index contributed by atoms with van der Waals surface area (Å²) in [5.74, 6) is 0.761. The molecular weight excluding hydrogens is 356 g/mol. The van der Waals surface area contributed by atoms with Crippen molar-refractivity contribution in [1.82, 2.24) is 9.80 Å². The number of hydrogen-bond acceptors (Lipinski definition) is 5. The molecule has 3 rings (SSSR count). The van der Waals surface area contributed by atoms with Crippen molar-refractivity contribution >= 4 is 27.5 Å². The van der Waals surface area contributed by atoms with Crippen molar-refractivity contribution in [3.8, 4) is 0 Å². The van der Waals surface area contributed by atoms with Crippen LogP contribution in [0.5, 0.6) is 0 Å². The number of sulfone groups is 1. The van der Waals surface area contributed by atoms with Gasteiger partial charge in [-0.3, -0.25) is 9.69 Å². The molecule has 0 spiro atoms. The zero-order chi connectivity index (χ0) is 18.0. The topological polar surface area (TPSA) is 57.7 Å². The van der Waals surface area contributed by atoms with Crippen molar-refractivity contribution < 1.29 is 13.2 Å². The molecule has 2 atom stereocenters. The minimum Gasteiger partial charge on any atom is -0.335 e. The van der Waals surface area contributed by atoms with Gasteiger partial charge in [0.1, 0.15) is 0 Å². The Balaban J connectivity index is 1.74. The Bertz CT molecular complexity index is 706. The molecule has 0 aromatic heterocycles. The van der Waals surface area contributed by atoms with Crippen LogP contribution in [0.1, 0.15) is 19.4 Å². The summed E-state index contributed by atoms with van der Waals surface area (Å²) in [7, 11) is -3.09. The van der Waals surface area contributed by atoms with Crippen LogP contribution in [0, 0.1) is 0 Å². The number of carbonyl (C=O) groups is 1. The van der Waals surface area contributed by atoms with E-state index < -0.39 is 9.84 Å². The number of hydrogen-bond donors (Lipinski definition) is 0. The zero-order valence-electron chi connectivity index (χ0n) is 14.8. The third-order valence-corrected chi connectivity index (χ3v) is 7.66. The second-order valence-electron chi connectivity index (χ2n) is 7.11. The quantitative estimate of drug-likeness (QED) is 0.775. The molecular formula is C18H26N2O3S2. The molecule has 2 heterocycles. The molecule has 1 aromatic carbocycles. The minimum absolute atomic E-state index is 0.0742. The Morgan fingerprint density at radius 3 is 2.52 bits per heavy atom. The fraction of sp³-hybridized carbons (Fsp3) is 0.611. The van der Waals surface area contributed by atoms with Crippen LogP contribution >= 0.6 is 11.8 Å². The Labute approximate surface area is 154 Å². The molecule has 7 heteroatoms. The highest BCUT2D eigenvalue weighted by molar-refractivity contribution is 8.00. The average molecular weight is 383 g/mol. The molecule has 5 nitrogen and oxygen atoms in total. The van der Waals surface area contributed by atoms with Gasteiger partial charge in [-0.2, -0.15) is 0 Å². The van der Waals surface area contributed by atoms with Crippen LogP contribution < -0.4 is 0 Å². The number of carbonyl (C=O) groups excluding carboxylic acids is 1. The molecule has 0 aliphatic carbocycles. The van der Waals surface area contributed by atoms with Crippen LogP contribution in [0.4, 0.5) is 0 Å². The van der Waals surface area contributed by atoms with Gasteiger partial charge in [0, 0.05) is 25.7 Å². The summed E-state index contributed by atoms with van der Waals surface area (Å²) >= 11 is 1.62. The van der Waals surface area contributed by atoms with Crippen molar-refractivity contribution in [1.29, 1.82) is 0 Å². The maximum Gasteiger partial charge on any atom is 0.232 e. The lowest BCUT2D eigenvalue weighted by atomic mass is 10.0. The van der Waals surface area contributed by atoms with Gasteiger partial charge in [0.25, 0.3) is 0 Å². The van der Waals surface area contributed by atoms with E-state index >= 15 is 0 Å². The van der Waals surface area contributed by atoms with E-state index in [9.17, 15) is 13.2 Å². The lowest BCUT2D eigenvalue weighted by Gasteiger charge is -2.44. The summed E-state index contributed by atoms with van der Waals surface area (Å²) < 4.78 is 24.5. The predicted molar refractivity (Wildman–Crippen MR) is 102 cm³/mol. The molecule has 1 aromatic rings. The standard InChI is InChI=1S/C18H26N2O3S2/c1-14(2)24-11-18(21)20-9-8-19(10-15-6-4-3-5-7-15)16-12-25(22,23)13-17(16)20/h3-7,14,16-17H,8-13H2,1-2H3/t16-,17+/m1/s1. The second kappa shape index (κ2) is 7.68. The smallest absolute Gasteiger partial charge is 0.232 e. The van der Waals surface area contributed by atoms with Crippen LogP contribution in [0.3, 0.4) is 0 Å². The van der Waals surface area contributed by atoms with Crippen LogP contribution in [0.15, 0.2) is 30.3 Å². The molecule has 2 aliphatic rings. The van der Waals surface area contributed by atoms with E-state index in [1.54, 1.807) is 11.8 Å². The normalized spacial score (nSPS) is 26.0. The Kier molecular flexibility index (Phi) is 5.75.